The van der Waals surface area contributed by atoms with E-state index in [9.17, 15) is 9.59 Å². The van der Waals surface area contributed by atoms with Crippen molar-refractivity contribution in [3.05, 3.63) is 18.7 Å². The number of hydrogen-bond donors (Lipinski definition) is 1. The molecule has 0 radical (unpaired) electrons. The number of aryl methyl sites for hydroxylation is 1. The van der Waals surface area contributed by atoms with Crippen LogP contribution in [0, 0.1) is 0 Å². The number of nitrogens with one attached hydrogen (secondary N) is 1. The highest BCUT2D eigenvalue weighted by Crippen LogP contribution is 2.28. The van der Waals surface area contributed by atoms with Gasteiger partial charge in [-0.25, -0.2) is 4.98 Å². The molecule has 1 unspecified atom stereocenters. The molecular weight excluding hydrogens is 300 g/mol. The van der Waals surface area contributed by atoms with E-state index in [1.807, 2.05) is 31.5 Å². The highest BCUT2D eigenvalue weighted by atomic mass is 32.2. The van der Waals surface area contributed by atoms with Gasteiger partial charge in [0.25, 0.3) is 0 Å². The number of carbonyl (C=O) groups excluding carboxylic acids is 2. The van der Waals surface area contributed by atoms with E-state index in [1.54, 1.807) is 17.4 Å². The molecule has 122 valence electrons. The van der Waals surface area contributed by atoms with Gasteiger partial charge >= 0.3 is 0 Å². The third-order valence-electron chi connectivity index (χ3n) is 3.77. The molecule has 1 saturated heterocycles. The fourth-order valence-corrected chi connectivity index (χ4v) is 3.69. The van der Waals surface area contributed by atoms with Crippen LogP contribution in [-0.4, -0.2) is 55.9 Å². The number of nitrogens with zero attached hydrogens (tertiary/aromatic N) is 3. The first kappa shape index (κ1) is 16.9. The van der Waals surface area contributed by atoms with Crippen LogP contribution in [0.2, 0.25) is 0 Å². The van der Waals surface area contributed by atoms with Crippen molar-refractivity contribution >= 4 is 23.6 Å². The van der Waals surface area contributed by atoms with Crippen LogP contribution < -0.4 is 5.32 Å². The van der Waals surface area contributed by atoms with Crippen LogP contribution in [0.25, 0.3) is 0 Å². The van der Waals surface area contributed by atoms with Crippen LogP contribution in [0.3, 0.4) is 0 Å². The van der Waals surface area contributed by atoms with Gasteiger partial charge in [-0.15, -0.1) is 11.8 Å². The summed E-state index contributed by atoms with van der Waals surface area (Å²) in [7, 11) is 0. The summed E-state index contributed by atoms with van der Waals surface area (Å²) in [5, 5.41) is 2.95. The van der Waals surface area contributed by atoms with E-state index in [1.165, 1.54) is 11.8 Å². The number of aromatic nitrogens is 2. The molecule has 1 aliphatic rings. The minimum atomic E-state index is -0.765. The number of hydrogen-bond acceptors (Lipinski definition) is 4. The van der Waals surface area contributed by atoms with Crippen LogP contribution in [0.15, 0.2) is 18.7 Å². The summed E-state index contributed by atoms with van der Waals surface area (Å²) in [6.45, 7) is 7.11. The number of rotatable bonds is 6. The highest BCUT2D eigenvalue weighted by molar-refractivity contribution is 8.00. The second-order valence-electron chi connectivity index (χ2n) is 6.09. The average molecular weight is 324 g/mol. The third kappa shape index (κ3) is 3.82. The Bertz CT molecular complexity index is 518. The molecule has 1 aromatic rings. The minimum Gasteiger partial charge on any atom is -0.352 e. The van der Waals surface area contributed by atoms with Crippen molar-refractivity contribution in [2.24, 2.45) is 0 Å². The Hall–Kier alpha value is -1.50. The molecule has 1 atom stereocenters. The second kappa shape index (κ2) is 7.17. The fraction of sp³-hybridized carbons (Fsp3) is 0.667. The van der Waals surface area contributed by atoms with Gasteiger partial charge in [0.15, 0.2) is 0 Å². The average Bonchev–Trinajstić information content (AvgIpc) is 2.94. The lowest BCUT2D eigenvalue weighted by molar-refractivity contribution is -0.145. The summed E-state index contributed by atoms with van der Waals surface area (Å²) >= 11 is 1.53. The maximum absolute atomic E-state index is 12.5. The molecule has 2 rings (SSSR count). The Morgan fingerprint density at radius 1 is 1.50 bits per heavy atom. The number of amides is 2. The van der Waals surface area contributed by atoms with Gasteiger partial charge in [0.1, 0.15) is 5.54 Å². The molecule has 0 bridgehead atoms. The number of imidazole rings is 1. The smallest absolute Gasteiger partial charge is 0.246 e. The zero-order valence-corrected chi connectivity index (χ0v) is 14.2. The molecule has 0 spiro atoms. The molecule has 6 nitrogen and oxygen atoms in total. The summed E-state index contributed by atoms with van der Waals surface area (Å²) in [5.41, 5.74) is -0.765. The Balaban J connectivity index is 2.02. The van der Waals surface area contributed by atoms with Gasteiger partial charge in [0, 0.05) is 37.3 Å². The van der Waals surface area contributed by atoms with E-state index >= 15 is 0 Å². The molecule has 0 aliphatic carbocycles. The maximum Gasteiger partial charge on any atom is 0.246 e. The Morgan fingerprint density at radius 2 is 2.27 bits per heavy atom. The van der Waals surface area contributed by atoms with Crippen LogP contribution in [0.5, 0.6) is 0 Å². The second-order valence-corrected chi connectivity index (χ2v) is 7.08. The topological polar surface area (TPSA) is 67.2 Å². The lowest BCUT2D eigenvalue weighted by atomic mass is 9.99. The highest BCUT2D eigenvalue weighted by Gasteiger charge is 2.44. The van der Waals surface area contributed by atoms with Crippen molar-refractivity contribution in [1.29, 1.82) is 0 Å². The largest absolute Gasteiger partial charge is 0.352 e. The van der Waals surface area contributed by atoms with E-state index in [-0.39, 0.29) is 17.9 Å². The first-order valence-electron chi connectivity index (χ1n) is 7.58. The normalized spacial score (nSPS) is 22.2. The quantitative estimate of drug-likeness (QED) is 0.852. The zero-order valence-electron chi connectivity index (χ0n) is 13.4. The van der Waals surface area contributed by atoms with Crippen molar-refractivity contribution in [3.8, 4) is 0 Å². The van der Waals surface area contributed by atoms with Gasteiger partial charge in [-0.05, 0) is 27.2 Å². The predicted molar refractivity (Wildman–Crippen MR) is 87.6 cm³/mol. The molecule has 0 aromatic carbocycles. The molecular formula is C15H24N4O2S. The fourth-order valence-electron chi connectivity index (χ4n) is 2.58. The van der Waals surface area contributed by atoms with Crippen LogP contribution in [0.4, 0.5) is 0 Å². The summed E-state index contributed by atoms with van der Waals surface area (Å²) in [5.74, 6) is 1.08. The maximum atomic E-state index is 12.5. The summed E-state index contributed by atoms with van der Waals surface area (Å²) in [6, 6.07) is 0.0687. The van der Waals surface area contributed by atoms with Gasteiger partial charge < -0.3 is 14.8 Å². The van der Waals surface area contributed by atoms with Gasteiger partial charge in [-0.2, -0.15) is 0 Å². The molecule has 22 heavy (non-hydrogen) atoms. The third-order valence-corrected chi connectivity index (χ3v) is 4.99. The molecule has 2 heterocycles. The van der Waals surface area contributed by atoms with Gasteiger partial charge in [0.05, 0.1) is 12.1 Å². The summed E-state index contributed by atoms with van der Waals surface area (Å²) < 4.78 is 1.98. The van der Waals surface area contributed by atoms with Crippen LogP contribution in [0.1, 0.15) is 27.2 Å². The Morgan fingerprint density at radius 3 is 2.91 bits per heavy atom. The first-order valence-corrected chi connectivity index (χ1v) is 8.74. The lowest BCUT2D eigenvalue weighted by Gasteiger charge is -2.43. The van der Waals surface area contributed by atoms with Gasteiger partial charge in [-0.1, -0.05) is 0 Å². The first-order chi connectivity index (χ1) is 10.4. The van der Waals surface area contributed by atoms with E-state index in [0.717, 1.165) is 13.0 Å². The molecule has 1 aromatic heterocycles. The van der Waals surface area contributed by atoms with Crippen molar-refractivity contribution in [1.82, 2.24) is 19.8 Å². The molecule has 1 aliphatic heterocycles. The Kier molecular flexibility index (Phi) is 5.50. The van der Waals surface area contributed by atoms with E-state index in [4.69, 9.17) is 0 Å². The molecule has 2 amide bonds. The van der Waals surface area contributed by atoms with Crippen molar-refractivity contribution in [2.45, 2.75) is 45.3 Å². The minimum absolute atomic E-state index is 0.0447. The van der Waals surface area contributed by atoms with Crippen LogP contribution in [-0.2, 0) is 16.1 Å². The van der Waals surface area contributed by atoms with Gasteiger partial charge in [0.2, 0.25) is 11.8 Å². The van der Waals surface area contributed by atoms with E-state index in [0.29, 0.717) is 18.1 Å². The van der Waals surface area contributed by atoms with Crippen molar-refractivity contribution in [2.75, 3.05) is 18.1 Å². The van der Waals surface area contributed by atoms with Crippen LogP contribution >= 0.6 is 11.8 Å². The summed E-state index contributed by atoms with van der Waals surface area (Å²) in [6.07, 6.45) is 6.21. The van der Waals surface area contributed by atoms with Crippen molar-refractivity contribution in [3.63, 3.8) is 0 Å². The van der Waals surface area contributed by atoms with E-state index in [2.05, 4.69) is 10.3 Å². The van der Waals surface area contributed by atoms with Gasteiger partial charge in [-0.3, -0.25) is 9.59 Å². The van der Waals surface area contributed by atoms with E-state index < -0.39 is 5.54 Å². The number of thioether (sulfide) groups is 1. The summed E-state index contributed by atoms with van der Waals surface area (Å²) in [4.78, 5) is 30.6. The number of carbonyl (C=O) groups is 2. The lowest BCUT2D eigenvalue weighted by Crippen LogP contribution is -2.64. The monoisotopic (exact) mass is 324 g/mol. The predicted octanol–water partition coefficient (Wildman–Crippen LogP) is 1.13. The zero-order chi connectivity index (χ0) is 16.2. The molecule has 0 saturated carbocycles. The standard InChI is InChI=1S/C15H24N4O2S/c1-12(2)17-14(21)15(3)10-22-9-13(20)19(15)7-4-6-18-8-5-16-11-18/h5,8,11-12H,4,6-7,9-10H2,1-3H3,(H,17,21). The SMILES string of the molecule is CC(C)NC(=O)C1(C)CSCC(=O)N1CCCn1ccnc1. The van der Waals surface area contributed by atoms with Crippen molar-refractivity contribution < 1.29 is 9.59 Å². The molecule has 1 fully saturated rings. The molecule has 1 N–H and O–H groups in total. The molecule has 7 heteroatoms. The Labute approximate surface area is 135 Å².